The van der Waals surface area contributed by atoms with Gasteiger partial charge in [-0.05, 0) is 37.3 Å². The third-order valence-corrected chi connectivity index (χ3v) is 6.47. The fourth-order valence-corrected chi connectivity index (χ4v) is 4.03. The maximum absolute atomic E-state index is 12.7. The lowest BCUT2D eigenvalue weighted by Crippen LogP contribution is -2.34. The van der Waals surface area contributed by atoms with Gasteiger partial charge in [0.15, 0.2) is 22.2 Å². The van der Waals surface area contributed by atoms with E-state index in [9.17, 15) is 22.8 Å². The molecule has 158 valence electrons. The Balaban J connectivity index is 1.72. The van der Waals surface area contributed by atoms with Crippen molar-refractivity contribution in [3.8, 4) is 11.5 Å². The standard InChI is InChI=1S/C20H20N2O7S/c1-12(20(25)13-7-8-17-15(9-13)22-18(23)10-29-17)30(26,27)11-19(24)21-14-5-3-4-6-16(14)28-2/h3-9,12H,10-11H2,1-2H3,(H,21,24)(H,22,23). The van der Waals surface area contributed by atoms with E-state index in [4.69, 9.17) is 9.47 Å². The molecular formula is C20H20N2O7S. The van der Waals surface area contributed by atoms with E-state index in [-0.39, 0.29) is 23.8 Å². The number of anilines is 2. The van der Waals surface area contributed by atoms with Gasteiger partial charge in [-0.3, -0.25) is 14.4 Å². The molecule has 0 saturated heterocycles. The van der Waals surface area contributed by atoms with Gasteiger partial charge < -0.3 is 20.1 Å². The molecule has 2 aromatic rings. The van der Waals surface area contributed by atoms with E-state index in [0.29, 0.717) is 17.2 Å². The number of methoxy groups -OCH3 is 1. The summed E-state index contributed by atoms with van der Waals surface area (Å²) in [4.78, 5) is 36.4. The summed E-state index contributed by atoms with van der Waals surface area (Å²) in [7, 11) is -2.67. The molecule has 0 aromatic heterocycles. The summed E-state index contributed by atoms with van der Waals surface area (Å²) >= 11 is 0. The molecule has 1 atom stereocenters. The number of hydrogen-bond donors (Lipinski definition) is 2. The number of nitrogens with one attached hydrogen (secondary N) is 2. The van der Waals surface area contributed by atoms with Gasteiger partial charge >= 0.3 is 0 Å². The summed E-state index contributed by atoms with van der Waals surface area (Å²) in [6, 6.07) is 10.8. The van der Waals surface area contributed by atoms with Crippen molar-refractivity contribution in [3.05, 3.63) is 48.0 Å². The fraction of sp³-hybridized carbons (Fsp3) is 0.250. The molecule has 0 radical (unpaired) electrons. The SMILES string of the molecule is COc1ccccc1NC(=O)CS(=O)(=O)C(C)C(=O)c1ccc2c(c1)NC(=O)CO2. The molecule has 1 aliphatic heterocycles. The Morgan fingerprint density at radius 3 is 2.70 bits per heavy atom. The number of carbonyl (C=O) groups excluding carboxylic acids is 3. The molecule has 2 aromatic carbocycles. The van der Waals surface area contributed by atoms with Gasteiger partial charge in [-0.25, -0.2) is 8.42 Å². The number of ketones is 1. The van der Waals surface area contributed by atoms with Crippen molar-refractivity contribution in [2.24, 2.45) is 0 Å². The van der Waals surface area contributed by atoms with Crippen molar-refractivity contribution < 1.29 is 32.3 Å². The average Bonchev–Trinajstić information content (AvgIpc) is 2.72. The van der Waals surface area contributed by atoms with Crippen LogP contribution in [0.3, 0.4) is 0 Å². The highest BCUT2D eigenvalue weighted by atomic mass is 32.2. The predicted octanol–water partition coefficient (Wildman–Crippen LogP) is 1.65. The molecule has 0 aliphatic carbocycles. The van der Waals surface area contributed by atoms with Crippen LogP contribution in [0, 0.1) is 0 Å². The number of hydrogen-bond acceptors (Lipinski definition) is 7. The van der Waals surface area contributed by atoms with Crippen molar-refractivity contribution in [2.45, 2.75) is 12.2 Å². The molecular weight excluding hydrogens is 412 g/mol. The predicted molar refractivity (Wildman–Crippen MR) is 110 cm³/mol. The summed E-state index contributed by atoms with van der Waals surface area (Å²) in [6.07, 6.45) is 0. The Kier molecular flexibility index (Phi) is 6.06. The molecule has 0 saturated carbocycles. The van der Waals surface area contributed by atoms with Crippen molar-refractivity contribution in [1.82, 2.24) is 0 Å². The molecule has 1 unspecified atom stereocenters. The Morgan fingerprint density at radius 2 is 1.97 bits per heavy atom. The van der Waals surface area contributed by atoms with E-state index < -0.39 is 32.5 Å². The third-order valence-electron chi connectivity index (χ3n) is 4.52. The molecule has 1 heterocycles. The summed E-state index contributed by atoms with van der Waals surface area (Å²) in [6.45, 7) is 1.09. The number of carbonyl (C=O) groups is 3. The molecule has 30 heavy (non-hydrogen) atoms. The van der Waals surface area contributed by atoms with Crippen LogP contribution in [-0.2, 0) is 19.4 Å². The molecule has 2 N–H and O–H groups in total. The van der Waals surface area contributed by atoms with Crippen LogP contribution in [0.1, 0.15) is 17.3 Å². The van der Waals surface area contributed by atoms with Crippen molar-refractivity contribution in [2.75, 3.05) is 30.1 Å². The van der Waals surface area contributed by atoms with Gasteiger partial charge in [0.25, 0.3) is 5.91 Å². The van der Waals surface area contributed by atoms with Gasteiger partial charge in [0.2, 0.25) is 5.91 Å². The van der Waals surface area contributed by atoms with Gasteiger partial charge in [-0.1, -0.05) is 12.1 Å². The maximum atomic E-state index is 12.7. The number of Topliss-reactive ketones (excluding diaryl/α,β-unsaturated/α-hetero) is 1. The highest BCUT2D eigenvalue weighted by molar-refractivity contribution is 7.93. The second-order valence-corrected chi connectivity index (χ2v) is 8.93. The van der Waals surface area contributed by atoms with Gasteiger partial charge in [0.1, 0.15) is 22.5 Å². The molecule has 0 spiro atoms. The van der Waals surface area contributed by atoms with Crippen LogP contribution in [0.5, 0.6) is 11.5 Å². The van der Waals surface area contributed by atoms with Crippen molar-refractivity contribution >= 4 is 38.8 Å². The van der Waals surface area contributed by atoms with Crippen molar-refractivity contribution in [3.63, 3.8) is 0 Å². The Hall–Kier alpha value is -3.40. The monoisotopic (exact) mass is 432 g/mol. The second-order valence-electron chi connectivity index (χ2n) is 6.61. The lowest BCUT2D eigenvalue weighted by Gasteiger charge is -2.19. The minimum Gasteiger partial charge on any atom is -0.495 e. The van der Waals surface area contributed by atoms with Crippen LogP contribution in [0.2, 0.25) is 0 Å². The second kappa shape index (κ2) is 8.54. The summed E-state index contributed by atoms with van der Waals surface area (Å²) in [5.41, 5.74) is 0.695. The lowest BCUT2D eigenvalue weighted by atomic mass is 10.1. The summed E-state index contributed by atoms with van der Waals surface area (Å²) in [5, 5.41) is 3.58. The minimum absolute atomic E-state index is 0.0840. The maximum Gasteiger partial charge on any atom is 0.262 e. The smallest absolute Gasteiger partial charge is 0.262 e. The lowest BCUT2D eigenvalue weighted by molar-refractivity contribution is -0.118. The first-order valence-corrected chi connectivity index (χ1v) is 10.7. The first-order chi connectivity index (χ1) is 14.2. The normalized spacial score (nSPS) is 14.0. The number of amides is 2. The van der Waals surface area contributed by atoms with Crippen LogP contribution in [0.15, 0.2) is 42.5 Å². The van der Waals surface area contributed by atoms with Crippen LogP contribution >= 0.6 is 0 Å². The van der Waals surface area contributed by atoms with Crippen LogP contribution in [0.4, 0.5) is 11.4 Å². The first-order valence-electron chi connectivity index (χ1n) is 8.96. The summed E-state index contributed by atoms with van der Waals surface area (Å²) < 4.78 is 35.6. The zero-order valence-electron chi connectivity index (χ0n) is 16.3. The highest BCUT2D eigenvalue weighted by Gasteiger charge is 2.32. The Morgan fingerprint density at radius 1 is 1.23 bits per heavy atom. The zero-order chi connectivity index (χ0) is 21.9. The van der Waals surface area contributed by atoms with Crippen LogP contribution in [-0.4, -0.2) is 50.7 Å². The zero-order valence-corrected chi connectivity index (χ0v) is 17.1. The van der Waals surface area contributed by atoms with E-state index in [2.05, 4.69) is 10.6 Å². The number of rotatable bonds is 7. The van der Waals surface area contributed by atoms with E-state index in [1.54, 1.807) is 24.3 Å². The molecule has 3 rings (SSSR count). The number of benzene rings is 2. The highest BCUT2D eigenvalue weighted by Crippen LogP contribution is 2.29. The summed E-state index contributed by atoms with van der Waals surface area (Å²) in [5.74, 6) is -1.96. The number of ether oxygens (including phenoxy) is 2. The van der Waals surface area contributed by atoms with Gasteiger partial charge in [0, 0.05) is 5.56 Å². The van der Waals surface area contributed by atoms with Gasteiger partial charge in [-0.15, -0.1) is 0 Å². The Bertz CT molecular complexity index is 1110. The van der Waals surface area contributed by atoms with Crippen molar-refractivity contribution in [1.29, 1.82) is 0 Å². The van der Waals surface area contributed by atoms with Crippen LogP contribution in [0.25, 0.3) is 0 Å². The molecule has 10 heteroatoms. The topological polar surface area (TPSA) is 128 Å². The molecule has 1 aliphatic rings. The number of fused-ring (bicyclic) bond motifs is 1. The largest absolute Gasteiger partial charge is 0.495 e. The number of para-hydroxylation sites is 2. The third kappa shape index (κ3) is 4.60. The quantitative estimate of drug-likeness (QED) is 0.637. The van der Waals surface area contributed by atoms with E-state index >= 15 is 0 Å². The van der Waals surface area contributed by atoms with E-state index in [1.807, 2.05) is 0 Å². The number of sulfone groups is 1. The molecule has 2 amide bonds. The molecule has 9 nitrogen and oxygen atoms in total. The van der Waals surface area contributed by atoms with Gasteiger partial charge in [0.05, 0.1) is 18.5 Å². The minimum atomic E-state index is -4.10. The Labute approximate surface area is 173 Å². The molecule has 0 bridgehead atoms. The van der Waals surface area contributed by atoms with Gasteiger partial charge in [-0.2, -0.15) is 0 Å². The fourth-order valence-electron chi connectivity index (χ4n) is 2.88. The molecule has 0 fully saturated rings. The average molecular weight is 432 g/mol. The van der Waals surface area contributed by atoms with E-state index in [0.717, 1.165) is 0 Å². The van der Waals surface area contributed by atoms with Crippen LogP contribution < -0.4 is 20.1 Å². The van der Waals surface area contributed by atoms with E-state index in [1.165, 1.54) is 32.2 Å². The first kappa shape index (κ1) is 21.3.